The lowest BCUT2D eigenvalue weighted by Crippen LogP contribution is -2.06. The summed E-state index contributed by atoms with van der Waals surface area (Å²) in [5, 5.41) is 3.96. The van der Waals surface area contributed by atoms with Crippen LogP contribution in [0.3, 0.4) is 0 Å². The van der Waals surface area contributed by atoms with Crippen molar-refractivity contribution in [1.82, 2.24) is 5.32 Å². The van der Waals surface area contributed by atoms with Crippen LogP contribution in [0, 0.1) is 0 Å². The molecule has 0 heterocycles. The highest BCUT2D eigenvalue weighted by molar-refractivity contribution is 6.31. The van der Waals surface area contributed by atoms with Gasteiger partial charge in [-0.2, -0.15) is 0 Å². The van der Waals surface area contributed by atoms with Gasteiger partial charge in [0.25, 0.3) is 0 Å². The Morgan fingerprint density at radius 1 is 1.47 bits per heavy atom. The molecule has 0 saturated heterocycles. The maximum atomic E-state index is 6.28. The summed E-state index contributed by atoms with van der Waals surface area (Å²) in [6.45, 7) is 0.820. The van der Waals surface area contributed by atoms with E-state index in [4.69, 9.17) is 16.3 Å². The Balaban J connectivity index is 2.37. The summed E-state index contributed by atoms with van der Waals surface area (Å²) in [7, 11) is 3.63. The Bertz CT molecular complexity index is 361. The van der Waals surface area contributed by atoms with Gasteiger partial charge in [0.1, 0.15) is 5.75 Å². The molecule has 0 amide bonds. The molecule has 1 N–H and O–H groups in total. The lowest BCUT2D eigenvalue weighted by molar-refractivity contribution is 0.409. The maximum Gasteiger partial charge on any atom is 0.124 e. The quantitative estimate of drug-likeness (QED) is 0.851. The van der Waals surface area contributed by atoms with Gasteiger partial charge in [-0.1, -0.05) is 11.6 Å². The first-order chi connectivity index (χ1) is 7.26. The van der Waals surface area contributed by atoms with Gasteiger partial charge in [0.05, 0.1) is 7.11 Å². The highest BCUT2D eigenvalue weighted by atomic mass is 35.5. The van der Waals surface area contributed by atoms with Crippen LogP contribution >= 0.6 is 11.6 Å². The van der Waals surface area contributed by atoms with Crippen LogP contribution in [0.25, 0.3) is 0 Å². The number of halogens is 1. The Kier molecular flexibility index (Phi) is 3.17. The van der Waals surface area contributed by atoms with Crippen molar-refractivity contribution in [3.8, 4) is 5.75 Å². The molecule has 0 unspecified atom stereocenters. The molecule has 0 aliphatic heterocycles. The summed E-state index contributed by atoms with van der Waals surface area (Å²) in [4.78, 5) is 0. The summed E-state index contributed by atoms with van der Waals surface area (Å²) in [6.07, 6.45) is 2.48. The second-order valence-corrected chi connectivity index (χ2v) is 4.41. The number of hydrogen-bond donors (Lipinski definition) is 1. The van der Waals surface area contributed by atoms with Crippen molar-refractivity contribution in [2.24, 2.45) is 0 Å². The fourth-order valence-corrected chi connectivity index (χ4v) is 2.28. The van der Waals surface area contributed by atoms with E-state index in [0.717, 1.165) is 17.3 Å². The Labute approximate surface area is 95.6 Å². The van der Waals surface area contributed by atoms with E-state index < -0.39 is 0 Å². The average molecular weight is 226 g/mol. The lowest BCUT2D eigenvalue weighted by Gasteiger charge is -2.12. The van der Waals surface area contributed by atoms with Crippen molar-refractivity contribution in [3.63, 3.8) is 0 Å². The molecule has 0 aromatic heterocycles. The van der Waals surface area contributed by atoms with E-state index in [2.05, 4.69) is 11.4 Å². The van der Waals surface area contributed by atoms with Gasteiger partial charge in [-0.15, -0.1) is 0 Å². The Hall–Kier alpha value is -0.730. The zero-order valence-corrected chi connectivity index (χ0v) is 9.90. The standard InChI is InChI=1S/C12H16ClNO/c1-14-7-8-5-10(13)12(9-3-4-9)11(6-8)15-2/h5-6,9,14H,3-4,7H2,1-2H3. The van der Waals surface area contributed by atoms with E-state index in [1.165, 1.54) is 24.0 Å². The zero-order chi connectivity index (χ0) is 10.8. The molecular weight excluding hydrogens is 210 g/mol. The van der Waals surface area contributed by atoms with Crippen LogP contribution in [0.1, 0.15) is 29.9 Å². The summed E-state index contributed by atoms with van der Waals surface area (Å²) in [5.74, 6) is 1.56. The molecule has 1 aromatic rings. The van der Waals surface area contributed by atoms with Crippen LogP contribution < -0.4 is 10.1 Å². The molecule has 0 atom stereocenters. The topological polar surface area (TPSA) is 21.3 Å². The predicted octanol–water partition coefficient (Wildman–Crippen LogP) is 2.95. The Morgan fingerprint density at radius 3 is 2.73 bits per heavy atom. The molecule has 2 nitrogen and oxygen atoms in total. The molecule has 1 aliphatic rings. The van der Waals surface area contributed by atoms with Crippen LogP contribution in [-0.4, -0.2) is 14.2 Å². The monoisotopic (exact) mass is 225 g/mol. The number of nitrogens with one attached hydrogen (secondary N) is 1. The van der Waals surface area contributed by atoms with Crippen molar-refractivity contribution in [3.05, 3.63) is 28.3 Å². The van der Waals surface area contributed by atoms with Gasteiger partial charge in [0, 0.05) is 17.1 Å². The van der Waals surface area contributed by atoms with Crippen LogP contribution in [0.15, 0.2) is 12.1 Å². The van der Waals surface area contributed by atoms with Gasteiger partial charge >= 0.3 is 0 Å². The molecule has 0 bridgehead atoms. The van der Waals surface area contributed by atoms with Gasteiger partial charge in [-0.25, -0.2) is 0 Å². The van der Waals surface area contributed by atoms with Crippen molar-refractivity contribution in [2.45, 2.75) is 25.3 Å². The van der Waals surface area contributed by atoms with E-state index in [-0.39, 0.29) is 0 Å². The summed E-state index contributed by atoms with van der Waals surface area (Å²) < 4.78 is 5.40. The fraction of sp³-hybridized carbons (Fsp3) is 0.500. The average Bonchev–Trinajstić information content (AvgIpc) is 3.01. The SMILES string of the molecule is CNCc1cc(Cl)c(C2CC2)c(OC)c1. The smallest absolute Gasteiger partial charge is 0.124 e. The predicted molar refractivity (Wildman–Crippen MR) is 62.7 cm³/mol. The van der Waals surface area contributed by atoms with E-state index in [1.807, 2.05) is 13.1 Å². The van der Waals surface area contributed by atoms with Gasteiger partial charge < -0.3 is 10.1 Å². The summed E-state index contributed by atoms with van der Waals surface area (Å²) >= 11 is 6.28. The maximum absolute atomic E-state index is 6.28. The van der Waals surface area contributed by atoms with Crippen LogP contribution in [0.4, 0.5) is 0 Å². The molecule has 1 saturated carbocycles. The third kappa shape index (κ3) is 2.27. The third-order valence-electron chi connectivity index (χ3n) is 2.74. The van der Waals surface area contributed by atoms with Crippen LogP contribution in [-0.2, 0) is 6.54 Å². The molecule has 1 fully saturated rings. The van der Waals surface area contributed by atoms with Crippen LogP contribution in [0.5, 0.6) is 5.75 Å². The lowest BCUT2D eigenvalue weighted by atomic mass is 10.1. The van der Waals surface area contributed by atoms with Gasteiger partial charge in [0.15, 0.2) is 0 Å². The van der Waals surface area contributed by atoms with Gasteiger partial charge in [-0.05, 0) is 43.5 Å². The van der Waals surface area contributed by atoms with Gasteiger partial charge in [-0.3, -0.25) is 0 Å². The molecule has 1 aromatic carbocycles. The Morgan fingerprint density at radius 2 is 2.20 bits per heavy atom. The minimum absolute atomic E-state index is 0.621. The first-order valence-electron chi connectivity index (χ1n) is 5.27. The summed E-state index contributed by atoms with van der Waals surface area (Å²) in [5.41, 5.74) is 2.36. The van der Waals surface area contributed by atoms with Crippen LogP contribution in [0.2, 0.25) is 5.02 Å². The second-order valence-electron chi connectivity index (χ2n) is 4.00. The number of hydrogen-bond acceptors (Lipinski definition) is 2. The van der Waals surface area contributed by atoms with Gasteiger partial charge in [0.2, 0.25) is 0 Å². The van der Waals surface area contributed by atoms with E-state index >= 15 is 0 Å². The third-order valence-corrected chi connectivity index (χ3v) is 3.05. The van der Waals surface area contributed by atoms with Crippen molar-refractivity contribution >= 4 is 11.6 Å². The molecule has 0 spiro atoms. The molecule has 15 heavy (non-hydrogen) atoms. The largest absolute Gasteiger partial charge is 0.496 e. The molecule has 3 heteroatoms. The molecule has 1 aliphatic carbocycles. The molecule has 0 radical (unpaired) electrons. The van der Waals surface area contributed by atoms with E-state index in [1.54, 1.807) is 7.11 Å². The normalized spacial score (nSPS) is 15.4. The molecule has 2 rings (SSSR count). The zero-order valence-electron chi connectivity index (χ0n) is 9.14. The number of methoxy groups -OCH3 is 1. The van der Waals surface area contributed by atoms with Crippen molar-refractivity contribution < 1.29 is 4.74 Å². The minimum atomic E-state index is 0.621. The first-order valence-corrected chi connectivity index (χ1v) is 5.65. The van der Waals surface area contributed by atoms with E-state index in [0.29, 0.717) is 5.92 Å². The minimum Gasteiger partial charge on any atom is -0.496 e. The highest BCUT2D eigenvalue weighted by Gasteiger charge is 2.29. The van der Waals surface area contributed by atoms with E-state index in [9.17, 15) is 0 Å². The fourth-order valence-electron chi connectivity index (χ4n) is 1.89. The molecular formula is C12H16ClNO. The highest BCUT2D eigenvalue weighted by Crippen LogP contribution is 2.47. The number of rotatable bonds is 4. The van der Waals surface area contributed by atoms with Crippen molar-refractivity contribution in [1.29, 1.82) is 0 Å². The summed E-state index contributed by atoms with van der Waals surface area (Å²) in [6, 6.07) is 4.12. The van der Waals surface area contributed by atoms with Crippen molar-refractivity contribution in [2.75, 3.05) is 14.2 Å². The number of ether oxygens (including phenoxy) is 1. The first kappa shape index (κ1) is 10.8. The molecule has 82 valence electrons. The number of benzene rings is 1. The second kappa shape index (κ2) is 4.42.